The highest BCUT2D eigenvalue weighted by molar-refractivity contribution is 7.90. The van der Waals surface area contributed by atoms with Crippen LogP contribution in [0.3, 0.4) is 0 Å². The largest absolute Gasteiger partial charge is 0.315 e. The first-order chi connectivity index (χ1) is 8.02. The average molecular weight is 299 g/mol. The van der Waals surface area contributed by atoms with Crippen molar-refractivity contribution in [3.8, 4) is 0 Å². The van der Waals surface area contributed by atoms with Crippen molar-refractivity contribution in [1.29, 1.82) is 0 Å². The topological polar surface area (TPSA) is 104 Å². The van der Waals surface area contributed by atoms with Gasteiger partial charge in [0.15, 0.2) is 0 Å². The minimum atomic E-state index is -3.40. The van der Waals surface area contributed by atoms with Gasteiger partial charge in [-0.25, -0.2) is 26.3 Å². The van der Waals surface area contributed by atoms with E-state index in [1.165, 1.54) is 0 Å². The van der Waals surface area contributed by atoms with E-state index >= 15 is 0 Å². The first-order valence-electron chi connectivity index (χ1n) is 5.70. The van der Waals surface area contributed by atoms with E-state index < -0.39 is 30.8 Å². The minimum Gasteiger partial charge on any atom is -0.315 e. The lowest BCUT2D eigenvalue weighted by molar-refractivity contribution is 0.444. The van der Waals surface area contributed by atoms with Crippen LogP contribution in [0.1, 0.15) is 20.3 Å². The van der Waals surface area contributed by atoms with Crippen LogP contribution < -0.4 is 14.8 Å². The predicted octanol–water partition coefficient (Wildman–Crippen LogP) is -1.40. The fourth-order valence-electron chi connectivity index (χ4n) is 1.83. The molecule has 1 aliphatic heterocycles. The molecule has 9 heteroatoms. The Bertz CT molecular complexity index is 478. The summed E-state index contributed by atoms with van der Waals surface area (Å²) in [6, 6.07) is 0. The summed E-state index contributed by atoms with van der Waals surface area (Å²) in [5, 5.41) is 2.54. The molecule has 0 aliphatic carbocycles. The maximum atomic E-state index is 11.9. The first kappa shape index (κ1) is 15.8. The van der Waals surface area contributed by atoms with Gasteiger partial charge in [-0.15, -0.1) is 0 Å². The molecular formula is C9H21N3O4S2. The fraction of sp³-hybridized carbons (Fsp3) is 1.00. The fourth-order valence-corrected chi connectivity index (χ4v) is 4.47. The Labute approximate surface area is 109 Å². The zero-order chi connectivity index (χ0) is 14.0. The summed E-state index contributed by atoms with van der Waals surface area (Å²) in [4.78, 5) is 0. The number of hydrogen-bond donors (Lipinski definition) is 3. The highest BCUT2D eigenvalue weighted by Gasteiger charge is 2.31. The summed E-state index contributed by atoms with van der Waals surface area (Å²) in [7, 11) is -6.76. The molecule has 0 bridgehead atoms. The van der Waals surface area contributed by atoms with Gasteiger partial charge in [0.1, 0.15) is 0 Å². The summed E-state index contributed by atoms with van der Waals surface area (Å²) in [6.07, 6.45) is 1.62. The highest BCUT2D eigenvalue weighted by atomic mass is 32.2. The van der Waals surface area contributed by atoms with E-state index in [4.69, 9.17) is 0 Å². The Balaban J connectivity index is 2.58. The lowest BCUT2D eigenvalue weighted by Gasteiger charge is -2.26. The molecule has 0 spiro atoms. The van der Waals surface area contributed by atoms with Gasteiger partial charge in [-0.3, -0.25) is 0 Å². The summed E-state index contributed by atoms with van der Waals surface area (Å²) in [5.41, 5.74) is -0.854. The van der Waals surface area contributed by atoms with Crippen molar-refractivity contribution in [3.05, 3.63) is 0 Å². The van der Waals surface area contributed by atoms with E-state index in [2.05, 4.69) is 14.8 Å². The van der Waals surface area contributed by atoms with Gasteiger partial charge in [0.25, 0.3) is 0 Å². The maximum absolute atomic E-state index is 11.9. The van der Waals surface area contributed by atoms with Gasteiger partial charge >= 0.3 is 0 Å². The van der Waals surface area contributed by atoms with E-state index in [0.717, 1.165) is 6.26 Å². The molecule has 0 aromatic rings. The molecular weight excluding hydrogens is 278 g/mol. The number of nitrogens with one attached hydrogen (secondary N) is 3. The Morgan fingerprint density at radius 2 is 1.89 bits per heavy atom. The Hall–Kier alpha value is -0.220. The van der Waals surface area contributed by atoms with Crippen molar-refractivity contribution in [2.24, 2.45) is 0 Å². The number of sulfonamides is 2. The maximum Gasteiger partial charge on any atom is 0.215 e. The molecule has 1 heterocycles. The summed E-state index contributed by atoms with van der Waals surface area (Å²) in [6.45, 7) is 4.41. The van der Waals surface area contributed by atoms with Crippen LogP contribution in [0.15, 0.2) is 0 Å². The quantitative estimate of drug-likeness (QED) is 0.559. The second kappa shape index (κ2) is 5.41. The van der Waals surface area contributed by atoms with Crippen LogP contribution in [0.5, 0.6) is 0 Å². The van der Waals surface area contributed by atoms with E-state index in [1.807, 2.05) is 0 Å². The third kappa shape index (κ3) is 5.19. The molecule has 0 aromatic carbocycles. The molecule has 108 valence electrons. The highest BCUT2D eigenvalue weighted by Crippen LogP contribution is 2.10. The van der Waals surface area contributed by atoms with Crippen LogP contribution >= 0.6 is 0 Å². The average Bonchev–Trinajstić information content (AvgIpc) is 2.64. The SMILES string of the molecule is CC(C)(CNS(=O)(=O)C1CCNC1)NS(C)(=O)=O. The van der Waals surface area contributed by atoms with Crippen LogP contribution in [0.25, 0.3) is 0 Å². The zero-order valence-electron chi connectivity index (χ0n) is 10.9. The van der Waals surface area contributed by atoms with Crippen molar-refractivity contribution in [1.82, 2.24) is 14.8 Å². The monoisotopic (exact) mass is 299 g/mol. The predicted molar refractivity (Wildman–Crippen MR) is 70.3 cm³/mol. The molecule has 7 nitrogen and oxygen atoms in total. The molecule has 0 aromatic heterocycles. The van der Waals surface area contributed by atoms with Gasteiger partial charge in [-0.2, -0.15) is 0 Å². The van der Waals surface area contributed by atoms with E-state index in [-0.39, 0.29) is 6.54 Å². The van der Waals surface area contributed by atoms with Crippen LogP contribution in [0, 0.1) is 0 Å². The van der Waals surface area contributed by atoms with Crippen molar-refractivity contribution in [2.75, 3.05) is 25.9 Å². The number of rotatable bonds is 6. The molecule has 18 heavy (non-hydrogen) atoms. The van der Waals surface area contributed by atoms with Crippen molar-refractivity contribution in [3.63, 3.8) is 0 Å². The molecule has 1 aliphatic rings. The lowest BCUT2D eigenvalue weighted by atomic mass is 10.1. The lowest BCUT2D eigenvalue weighted by Crippen LogP contribution is -2.52. The molecule has 0 radical (unpaired) electrons. The molecule has 1 fully saturated rings. The van der Waals surface area contributed by atoms with Crippen LogP contribution in [0.2, 0.25) is 0 Å². The second-order valence-electron chi connectivity index (χ2n) is 5.24. The van der Waals surface area contributed by atoms with Gasteiger partial charge in [0.2, 0.25) is 20.0 Å². The zero-order valence-corrected chi connectivity index (χ0v) is 12.5. The van der Waals surface area contributed by atoms with Gasteiger partial charge in [0, 0.05) is 18.6 Å². The summed E-state index contributed by atoms with van der Waals surface area (Å²) in [5.74, 6) is 0. The van der Waals surface area contributed by atoms with Gasteiger partial charge in [0.05, 0.1) is 11.5 Å². The molecule has 0 saturated carbocycles. The van der Waals surface area contributed by atoms with Crippen LogP contribution in [-0.2, 0) is 20.0 Å². The molecule has 1 rings (SSSR count). The van der Waals surface area contributed by atoms with Crippen LogP contribution in [-0.4, -0.2) is 53.5 Å². The third-order valence-electron chi connectivity index (χ3n) is 2.63. The van der Waals surface area contributed by atoms with E-state index in [0.29, 0.717) is 19.5 Å². The van der Waals surface area contributed by atoms with Crippen molar-refractivity contribution >= 4 is 20.0 Å². The standard InChI is InChI=1S/C9H21N3O4S2/c1-9(2,12-17(3,13)14)7-11-18(15,16)8-4-5-10-6-8/h8,10-12H,4-7H2,1-3H3. The Morgan fingerprint density at radius 1 is 1.28 bits per heavy atom. The third-order valence-corrected chi connectivity index (χ3v) is 5.38. The summed E-state index contributed by atoms with van der Waals surface area (Å²) < 4.78 is 50.9. The van der Waals surface area contributed by atoms with E-state index in [1.54, 1.807) is 13.8 Å². The van der Waals surface area contributed by atoms with Crippen LogP contribution in [0.4, 0.5) is 0 Å². The van der Waals surface area contributed by atoms with Gasteiger partial charge in [-0.1, -0.05) is 0 Å². The first-order valence-corrected chi connectivity index (χ1v) is 9.14. The molecule has 3 N–H and O–H groups in total. The molecule has 1 unspecified atom stereocenters. The second-order valence-corrected chi connectivity index (χ2v) is 9.03. The van der Waals surface area contributed by atoms with Crippen molar-refractivity contribution in [2.45, 2.75) is 31.1 Å². The molecule has 1 atom stereocenters. The smallest absolute Gasteiger partial charge is 0.215 e. The van der Waals surface area contributed by atoms with Gasteiger partial charge in [-0.05, 0) is 26.8 Å². The van der Waals surface area contributed by atoms with Crippen molar-refractivity contribution < 1.29 is 16.8 Å². The summed E-state index contributed by atoms with van der Waals surface area (Å²) >= 11 is 0. The normalized spacial score (nSPS) is 22.3. The molecule has 1 saturated heterocycles. The molecule has 0 amide bonds. The Morgan fingerprint density at radius 3 is 2.33 bits per heavy atom. The Kier molecular flexibility index (Phi) is 4.76. The van der Waals surface area contributed by atoms with Gasteiger partial charge < -0.3 is 5.32 Å². The van der Waals surface area contributed by atoms with E-state index in [9.17, 15) is 16.8 Å². The minimum absolute atomic E-state index is 0.0267. The number of hydrogen-bond acceptors (Lipinski definition) is 5.